The zero-order valence-electron chi connectivity index (χ0n) is 19.4. The van der Waals surface area contributed by atoms with Crippen LogP contribution < -0.4 is 15.4 Å². The van der Waals surface area contributed by atoms with Crippen LogP contribution in [0.5, 0.6) is 5.88 Å². The van der Waals surface area contributed by atoms with Crippen LogP contribution in [0.4, 0.5) is 8.78 Å². The highest BCUT2D eigenvalue weighted by Gasteiger charge is 2.27. The zero-order chi connectivity index (χ0) is 24.9. The Balaban J connectivity index is 1.55. The SMILES string of the molecule is CC[C@@H](NC(=O)c1cc(C(=O)NCc2ccc(F)cc2F)c2n1CCOC2)c1cccc(OC)n1. The van der Waals surface area contributed by atoms with Crippen LogP contribution in [-0.4, -0.2) is 35.1 Å². The number of halogens is 2. The van der Waals surface area contributed by atoms with Crippen LogP contribution in [0.15, 0.2) is 42.5 Å². The van der Waals surface area contributed by atoms with Gasteiger partial charge in [-0.25, -0.2) is 13.8 Å². The van der Waals surface area contributed by atoms with E-state index >= 15 is 0 Å². The molecule has 3 heterocycles. The van der Waals surface area contributed by atoms with Crippen LogP contribution in [0.2, 0.25) is 0 Å². The molecule has 0 aliphatic carbocycles. The van der Waals surface area contributed by atoms with Crippen molar-refractivity contribution in [3.05, 3.63) is 82.3 Å². The number of methoxy groups -OCH3 is 1. The van der Waals surface area contributed by atoms with Crippen LogP contribution in [-0.2, 0) is 24.4 Å². The molecule has 1 atom stereocenters. The summed E-state index contributed by atoms with van der Waals surface area (Å²) in [5.74, 6) is -1.83. The average molecular weight is 485 g/mol. The fourth-order valence-electron chi connectivity index (χ4n) is 4.00. The number of hydrogen-bond acceptors (Lipinski definition) is 5. The third kappa shape index (κ3) is 5.32. The molecule has 2 N–H and O–H groups in total. The lowest BCUT2D eigenvalue weighted by Gasteiger charge is -2.21. The molecule has 10 heteroatoms. The van der Waals surface area contributed by atoms with E-state index in [1.807, 2.05) is 13.0 Å². The summed E-state index contributed by atoms with van der Waals surface area (Å²) in [5, 5.41) is 5.63. The molecular formula is C25H26F2N4O4. The quantitative estimate of drug-likeness (QED) is 0.510. The van der Waals surface area contributed by atoms with Gasteiger partial charge in [0.05, 0.1) is 43.3 Å². The van der Waals surface area contributed by atoms with E-state index < -0.39 is 17.5 Å². The van der Waals surface area contributed by atoms with Crippen molar-refractivity contribution in [3.8, 4) is 5.88 Å². The van der Waals surface area contributed by atoms with Gasteiger partial charge in [-0.2, -0.15) is 0 Å². The molecule has 0 bridgehead atoms. The first-order valence-electron chi connectivity index (χ1n) is 11.2. The molecule has 0 unspecified atom stereocenters. The Labute approximate surface area is 201 Å². The van der Waals surface area contributed by atoms with E-state index in [2.05, 4.69) is 15.6 Å². The number of amides is 2. The standard InChI is InChI=1S/C25H26F2N4O4/c1-3-19(20-5-4-6-23(29-20)34-2)30-25(33)21-12-17(22-14-35-10-9-31(21)22)24(32)28-13-15-7-8-16(26)11-18(15)27/h4-8,11-12,19H,3,9-10,13-14H2,1-2H3,(H,28,32)(H,30,33)/t19-/m1/s1. The van der Waals surface area contributed by atoms with Crippen LogP contribution in [0, 0.1) is 11.6 Å². The number of carbonyl (C=O) groups is 2. The summed E-state index contributed by atoms with van der Waals surface area (Å²) in [5.41, 5.74) is 1.96. The van der Waals surface area contributed by atoms with Gasteiger partial charge < -0.3 is 24.7 Å². The van der Waals surface area contributed by atoms with Gasteiger partial charge >= 0.3 is 0 Å². The fourth-order valence-corrected chi connectivity index (χ4v) is 4.00. The lowest BCUT2D eigenvalue weighted by Crippen LogP contribution is -2.32. The number of nitrogens with zero attached hydrogens (tertiary/aromatic N) is 2. The molecule has 0 spiro atoms. The molecular weight excluding hydrogens is 458 g/mol. The summed E-state index contributed by atoms with van der Waals surface area (Å²) < 4.78 is 39.6. The normalized spacial score (nSPS) is 13.6. The molecule has 35 heavy (non-hydrogen) atoms. The van der Waals surface area contributed by atoms with E-state index in [0.717, 1.165) is 12.1 Å². The van der Waals surface area contributed by atoms with Crippen LogP contribution in [0.3, 0.4) is 0 Å². The second kappa shape index (κ2) is 10.6. The second-order valence-electron chi connectivity index (χ2n) is 8.05. The number of rotatable bonds is 8. The van der Waals surface area contributed by atoms with Gasteiger partial charge in [-0.15, -0.1) is 0 Å². The minimum absolute atomic E-state index is 0.128. The van der Waals surface area contributed by atoms with Gasteiger partial charge in [0.2, 0.25) is 5.88 Å². The third-order valence-corrected chi connectivity index (χ3v) is 5.86. The lowest BCUT2D eigenvalue weighted by molar-refractivity contribution is 0.0775. The molecule has 1 aliphatic heterocycles. The topological polar surface area (TPSA) is 94.5 Å². The lowest BCUT2D eigenvalue weighted by atomic mass is 10.1. The number of fused-ring (bicyclic) bond motifs is 1. The van der Waals surface area contributed by atoms with Crippen molar-refractivity contribution in [1.82, 2.24) is 20.2 Å². The van der Waals surface area contributed by atoms with E-state index in [4.69, 9.17) is 9.47 Å². The maximum absolute atomic E-state index is 13.9. The van der Waals surface area contributed by atoms with Gasteiger partial charge in [-0.3, -0.25) is 9.59 Å². The van der Waals surface area contributed by atoms with E-state index in [9.17, 15) is 18.4 Å². The average Bonchev–Trinajstić information content (AvgIpc) is 3.26. The van der Waals surface area contributed by atoms with E-state index in [1.165, 1.54) is 19.2 Å². The number of hydrogen-bond donors (Lipinski definition) is 2. The number of nitrogens with one attached hydrogen (secondary N) is 2. The van der Waals surface area contributed by atoms with Gasteiger partial charge in [0.25, 0.3) is 11.8 Å². The van der Waals surface area contributed by atoms with Crippen molar-refractivity contribution in [3.63, 3.8) is 0 Å². The van der Waals surface area contributed by atoms with Crippen molar-refractivity contribution < 1.29 is 27.8 Å². The molecule has 0 radical (unpaired) electrons. The van der Waals surface area contributed by atoms with Crippen molar-refractivity contribution >= 4 is 11.8 Å². The molecule has 184 valence electrons. The van der Waals surface area contributed by atoms with Crippen molar-refractivity contribution in [2.75, 3.05) is 13.7 Å². The number of aromatic nitrogens is 2. The highest BCUT2D eigenvalue weighted by molar-refractivity contribution is 6.00. The van der Waals surface area contributed by atoms with E-state index in [-0.39, 0.29) is 36.2 Å². The Kier molecular flexibility index (Phi) is 7.40. The molecule has 0 saturated heterocycles. The second-order valence-corrected chi connectivity index (χ2v) is 8.05. The summed E-state index contributed by atoms with van der Waals surface area (Å²) in [7, 11) is 1.53. The smallest absolute Gasteiger partial charge is 0.268 e. The van der Waals surface area contributed by atoms with Gasteiger partial charge in [0, 0.05) is 30.8 Å². The van der Waals surface area contributed by atoms with Crippen LogP contribution >= 0.6 is 0 Å². The predicted octanol–water partition coefficient (Wildman–Crippen LogP) is 3.51. The number of benzene rings is 1. The predicted molar refractivity (Wildman–Crippen MR) is 123 cm³/mol. The molecule has 0 fully saturated rings. The number of carbonyl (C=O) groups excluding carboxylic acids is 2. The first-order valence-corrected chi connectivity index (χ1v) is 11.2. The Morgan fingerprint density at radius 1 is 1.20 bits per heavy atom. The van der Waals surface area contributed by atoms with Crippen LogP contribution in [0.25, 0.3) is 0 Å². The highest BCUT2D eigenvalue weighted by Crippen LogP contribution is 2.23. The summed E-state index contributed by atoms with van der Waals surface area (Å²) in [6.07, 6.45) is 0.596. The monoisotopic (exact) mass is 484 g/mol. The Morgan fingerprint density at radius 3 is 2.77 bits per heavy atom. The number of ether oxygens (including phenoxy) is 2. The maximum atomic E-state index is 13.9. The Hall–Kier alpha value is -3.79. The van der Waals surface area contributed by atoms with Gasteiger partial charge in [0.15, 0.2) is 0 Å². The first kappa shape index (κ1) is 24.3. The summed E-state index contributed by atoms with van der Waals surface area (Å²) in [6.45, 7) is 2.78. The van der Waals surface area contributed by atoms with Gasteiger partial charge in [0.1, 0.15) is 17.3 Å². The Morgan fingerprint density at radius 2 is 2.03 bits per heavy atom. The summed E-state index contributed by atoms with van der Waals surface area (Å²) in [6, 6.07) is 9.67. The highest BCUT2D eigenvalue weighted by atomic mass is 19.1. The molecule has 8 nitrogen and oxygen atoms in total. The van der Waals surface area contributed by atoms with Gasteiger partial charge in [-0.05, 0) is 24.6 Å². The molecule has 1 aromatic carbocycles. The van der Waals surface area contributed by atoms with E-state index in [0.29, 0.717) is 42.5 Å². The molecule has 2 amide bonds. The van der Waals surface area contributed by atoms with Crippen molar-refractivity contribution in [2.24, 2.45) is 0 Å². The number of pyridine rings is 1. The summed E-state index contributed by atoms with van der Waals surface area (Å²) in [4.78, 5) is 30.6. The molecule has 0 saturated carbocycles. The van der Waals surface area contributed by atoms with E-state index in [1.54, 1.807) is 16.7 Å². The summed E-state index contributed by atoms with van der Waals surface area (Å²) >= 11 is 0. The minimum Gasteiger partial charge on any atom is -0.481 e. The van der Waals surface area contributed by atoms with Gasteiger partial charge in [-0.1, -0.05) is 19.1 Å². The zero-order valence-corrected chi connectivity index (χ0v) is 19.4. The first-order chi connectivity index (χ1) is 16.9. The molecule has 1 aliphatic rings. The van der Waals surface area contributed by atoms with Crippen molar-refractivity contribution in [2.45, 2.75) is 39.1 Å². The molecule has 4 rings (SSSR count). The largest absolute Gasteiger partial charge is 0.481 e. The molecule has 3 aromatic rings. The molecule has 2 aromatic heterocycles. The Bertz CT molecular complexity index is 1240. The third-order valence-electron chi connectivity index (χ3n) is 5.86. The maximum Gasteiger partial charge on any atom is 0.268 e. The van der Waals surface area contributed by atoms with Crippen molar-refractivity contribution in [1.29, 1.82) is 0 Å². The minimum atomic E-state index is -0.746. The van der Waals surface area contributed by atoms with Crippen LogP contribution in [0.1, 0.15) is 57.2 Å². The fraction of sp³-hybridized carbons (Fsp3) is 0.320.